The van der Waals surface area contributed by atoms with Gasteiger partial charge in [0, 0.05) is 11.1 Å². The van der Waals surface area contributed by atoms with Crippen molar-refractivity contribution in [2.75, 3.05) is 0 Å². The van der Waals surface area contributed by atoms with Gasteiger partial charge in [-0.1, -0.05) is 70.5 Å². The largest absolute Gasteiger partial charge is 0.488 e. The van der Waals surface area contributed by atoms with Gasteiger partial charge in [0.15, 0.2) is 5.78 Å². The number of carbonyl (C=O) groups excluding carboxylic acids is 1. The Morgan fingerprint density at radius 1 is 0.681 bits per heavy atom. The highest BCUT2D eigenvalue weighted by molar-refractivity contribution is 7.86. The van der Waals surface area contributed by atoms with Gasteiger partial charge >= 0.3 is 0 Å². The number of ketones is 1. The van der Waals surface area contributed by atoms with Gasteiger partial charge in [0.1, 0.15) is 27.7 Å². The maximum absolute atomic E-state index is 13.4. The fourth-order valence-corrected chi connectivity index (χ4v) is 6.78. The number of carbonyl (C=O) groups is 1. The molecule has 0 unspecified atom stereocenters. The molecule has 9 nitrogen and oxygen atoms in total. The molecule has 0 aliphatic rings. The third-order valence-corrected chi connectivity index (χ3v) is 9.89. The van der Waals surface area contributed by atoms with Crippen molar-refractivity contribution in [3.05, 3.63) is 102 Å². The quantitative estimate of drug-likeness (QED) is 0.105. The summed E-state index contributed by atoms with van der Waals surface area (Å²) in [5.74, 6) is 0.106. The summed E-state index contributed by atoms with van der Waals surface area (Å²) in [6.45, 7) is 11.7. The van der Waals surface area contributed by atoms with Gasteiger partial charge in [-0.3, -0.25) is 13.9 Å². The standard InChI is InChI=1S/C36H40O9S2/c1-7-21-35(3,4)30-19-13-26(22-32(30)46(38,39)40)34(37)27-14-20-31(33(23-27)47(41,42)43)44-28-15-9-24(10-16-28)25-11-17-29(18-12-25)45-36(5,6)8-2/h9-20,22-23H,7-8,21H2,1-6H3,(H,38,39,40)(H,41,42,43). The van der Waals surface area contributed by atoms with E-state index in [0.717, 1.165) is 41.9 Å². The van der Waals surface area contributed by atoms with Crippen molar-refractivity contribution in [3.63, 3.8) is 0 Å². The Labute approximate surface area is 277 Å². The minimum atomic E-state index is -4.85. The molecule has 2 N–H and O–H groups in total. The summed E-state index contributed by atoms with van der Waals surface area (Å²) in [7, 11) is -9.54. The zero-order chi connectivity index (χ0) is 34.8. The lowest BCUT2D eigenvalue weighted by molar-refractivity contribution is 0.103. The Bertz CT molecular complexity index is 1980. The average molecular weight is 681 g/mol. The Hall–Kier alpha value is -4.03. The third-order valence-electron chi connectivity index (χ3n) is 8.13. The Morgan fingerprint density at radius 2 is 1.17 bits per heavy atom. The normalized spacial score (nSPS) is 12.5. The van der Waals surface area contributed by atoms with Gasteiger partial charge in [0.2, 0.25) is 0 Å². The molecule has 4 aromatic rings. The number of rotatable bonds is 13. The van der Waals surface area contributed by atoms with E-state index in [1.165, 1.54) is 24.3 Å². The SMILES string of the molecule is CCCC(C)(C)c1ccc(C(=O)c2ccc(Oc3ccc(-c4ccc(OC(C)(C)CC)cc4)cc3)c(S(=O)(=O)O)c2)cc1S(=O)(=O)O. The molecular formula is C36H40O9S2. The van der Waals surface area contributed by atoms with Crippen LogP contribution in [-0.4, -0.2) is 37.3 Å². The first-order chi connectivity index (χ1) is 21.8. The van der Waals surface area contributed by atoms with Gasteiger partial charge in [-0.2, -0.15) is 16.8 Å². The zero-order valence-corrected chi connectivity index (χ0v) is 28.9. The number of hydrogen-bond donors (Lipinski definition) is 2. The number of benzene rings is 4. The van der Waals surface area contributed by atoms with Gasteiger partial charge in [-0.25, -0.2) is 0 Å². The number of hydrogen-bond acceptors (Lipinski definition) is 7. The Kier molecular flexibility index (Phi) is 10.4. The summed E-state index contributed by atoms with van der Waals surface area (Å²) in [6, 6.07) is 22.0. The van der Waals surface area contributed by atoms with Gasteiger partial charge in [-0.05, 0) is 97.3 Å². The molecule has 0 fully saturated rings. The van der Waals surface area contributed by atoms with Gasteiger partial charge in [0.25, 0.3) is 20.2 Å². The minimum Gasteiger partial charge on any atom is -0.488 e. The second-order valence-corrected chi connectivity index (χ2v) is 15.4. The van der Waals surface area contributed by atoms with Crippen LogP contribution in [0, 0.1) is 0 Å². The van der Waals surface area contributed by atoms with Crippen LogP contribution in [0.2, 0.25) is 0 Å². The molecule has 0 aliphatic heterocycles. The molecule has 0 bridgehead atoms. The second kappa shape index (κ2) is 13.6. The van der Waals surface area contributed by atoms with E-state index in [4.69, 9.17) is 9.47 Å². The zero-order valence-electron chi connectivity index (χ0n) is 27.3. The summed E-state index contributed by atoms with van der Waals surface area (Å²) in [6.07, 6.45) is 2.25. The predicted octanol–water partition coefficient (Wildman–Crippen LogP) is 8.52. The van der Waals surface area contributed by atoms with Crippen LogP contribution in [0.25, 0.3) is 11.1 Å². The summed E-state index contributed by atoms with van der Waals surface area (Å²) in [5, 5.41) is 0. The van der Waals surface area contributed by atoms with Crippen molar-refractivity contribution in [2.45, 2.75) is 81.6 Å². The van der Waals surface area contributed by atoms with Gasteiger partial charge < -0.3 is 9.47 Å². The van der Waals surface area contributed by atoms with E-state index in [9.17, 15) is 30.7 Å². The van der Waals surface area contributed by atoms with Crippen LogP contribution in [0.15, 0.2) is 94.7 Å². The lowest BCUT2D eigenvalue weighted by Gasteiger charge is -2.27. The van der Waals surface area contributed by atoms with E-state index < -0.39 is 41.2 Å². The highest BCUT2D eigenvalue weighted by Crippen LogP contribution is 2.36. The molecule has 0 amide bonds. The van der Waals surface area contributed by atoms with Gasteiger partial charge in [-0.15, -0.1) is 0 Å². The molecule has 11 heteroatoms. The van der Waals surface area contributed by atoms with E-state index in [1.54, 1.807) is 24.3 Å². The van der Waals surface area contributed by atoms with Crippen molar-refractivity contribution in [3.8, 4) is 28.4 Å². The van der Waals surface area contributed by atoms with Crippen LogP contribution in [0.5, 0.6) is 17.2 Å². The molecular weight excluding hydrogens is 641 g/mol. The first kappa shape index (κ1) is 35.8. The van der Waals surface area contributed by atoms with Crippen LogP contribution >= 0.6 is 0 Å². The summed E-state index contributed by atoms with van der Waals surface area (Å²) in [5.41, 5.74) is 1.04. The minimum absolute atomic E-state index is 0.0899. The summed E-state index contributed by atoms with van der Waals surface area (Å²) >= 11 is 0. The van der Waals surface area contributed by atoms with Crippen LogP contribution in [-0.2, 0) is 25.7 Å². The second-order valence-electron chi connectivity index (χ2n) is 12.7. The van der Waals surface area contributed by atoms with Crippen molar-refractivity contribution in [2.24, 2.45) is 0 Å². The fourth-order valence-electron chi connectivity index (χ4n) is 5.25. The van der Waals surface area contributed by atoms with Crippen molar-refractivity contribution >= 4 is 26.0 Å². The van der Waals surface area contributed by atoms with Crippen molar-refractivity contribution in [1.82, 2.24) is 0 Å². The Balaban J connectivity index is 1.61. The highest BCUT2D eigenvalue weighted by Gasteiger charge is 2.29. The molecule has 0 saturated heterocycles. The van der Waals surface area contributed by atoms with Crippen LogP contribution in [0.1, 0.15) is 82.3 Å². The summed E-state index contributed by atoms with van der Waals surface area (Å²) in [4.78, 5) is 12.4. The van der Waals surface area contributed by atoms with E-state index in [1.807, 2.05) is 58.9 Å². The summed E-state index contributed by atoms with van der Waals surface area (Å²) < 4.78 is 81.2. The van der Waals surface area contributed by atoms with E-state index in [0.29, 0.717) is 12.0 Å². The first-order valence-corrected chi connectivity index (χ1v) is 18.1. The van der Waals surface area contributed by atoms with E-state index in [-0.39, 0.29) is 28.2 Å². The monoisotopic (exact) mass is 680 g/mol. The molecule has 250 valence electrons. The Morgan fingerprint density at radius 3 is 1.66 bits per heavy atom. The molecule has 0 aliphatic carbocycles. The predicted molar refractivity (Wildman–Crippen MR) is 181 cm³/mol. The number of ether oxygens (including phenoxy) is 2. The highest BCUT2D eigenvalue weighted by atomic mass is 32.2. The van der Waals surface area contributed by atoms with E-state index in [2.05, 4.69) is 6.92 Å². The lowest BCUT2D eigenvalue weighted by Crippen LogP contribution is -2.26. The van der Waals surface area contributed by atoms with Crippen LogP contribution < -0.4 is 9.47 Å². The topological polar surface area (TPSA) is 144 Å². The molecule has 0 aromatic heterocycles. The lowest BCUT2D eigenvalue weighted by atomic mass is 9.80. The maximum Gasteiger partial charge on any atom is 0.298 e. The molecule has 0 spiro atoms. The van der Waals surface area contributed by atoms with Crippen molar-refractivity contribution < 1.29 is 40.2 Å². The average Bonchev–Trinajstić information content (AvgIpc) is 3.00. The van der Waals surface area contributed by atoms with Crippen LogP contribution in [0.3, 0.4) is 0 Å². The maximum atomic E-state index is 13.4. The molecule has 4 rings (SSSR count). The molecule has 47 heavy (non-hydrogen) atoms. The fraction of sp³-hybridized carbons (Fsp3) is 0.306. The molecule has 0 radical (unpaired) electrons. The molecule has 0 atom stereocenters. The van der Waals surface area contributed by atoms with E-state index >= 15 is 0 Å². The van der Waals surface area contributed by atoms with Crippen molar-refractivity contribution in [1.29, 1.82) is 0 Å². The molecule has 0 heterocycles. The molecule has 4 aromatic carbocycles. The first-order valence-electron chi connectivity index (χ1n) is 15.2. The van der Waals surface area contributed by atoms with Crippen LogP contribution in [0.4, 0.5) is 0 Å². The smallest absolute Gasteiger partial charge is 0.298 e. The third kappa shape index (κ3) is 8.66. The molecule has 0 saturated carbocycles. The van der Waals surface area contributed by atoms with Gasteiger partial charge in [0.05, 0.1) is 4.90 Å².